The van der Waals surface area contributed by atoms with E-state index in [9.17, 15) is 14.4 Å². The van der Waals surface area contributed by atoms with E-state index in [1.54, 1.807) is 30.3 Å². The number of hydrogen-bond donors (Lipinski definition) is 3. The van der Waals surface area contributed by atoms with E-state index in [4.69, 9.17) is 0 Å². The van der Waals surface area contributed by atoms with Gasteiger partial charge in [0.15, 0.2) is 0 Å². The van der Waals surface area contributed by atoms with Crippen molar-refractivity contribution in [3.63, 3.8) is 0 Å². The maximum Gasteiger partial charge on any atom is 0.328 e. The molecule has 3 N–H and O–H groups in total. The number of hydrogen-bond acceptors (Lipinski definition) is 3. The molecule has 0 bridgehead atoms. The number of amides is 1. The second-order valence-corrected chi connectivity index (χ2v) is 6.01. The number of anilines is 1. The van der Waals surface area contributed by atoms with Crippen molar-refractivity contribution in [2.24, 2.45) is 0 Å². The minimum atomic E-state index is -0.518. The first kappa shape index (κ1) is 15.9. The number of H-pyrrole nitrogens is 2. The molecule has 1 amide bonds. The van der Waals surface area contributed by atoms with E-state index in [1.807, 2.05) is 24.4 Å². The lowest BCUT2D eigenvalue weighted by Gasteiger charge is -2.08. The van der Waals surface area contributed by atoms with Gasteiger partial charge in [-0.1, -0.05) is 12.1 Å². The molecule has 7 heteroatoms. The van der Waals surface area contributed by atoms with Crippen molar-refractivity contribution < 1.29 is 4.79 Å². The van der Waals surface area contributed by atoms with Crippen LogP contribution >= 0.6 is 0 Å². The van der Waals surface area contributed by atoms with Gasteiger partial charge in [0.05, 0.1) is 10.9 Å². The number of aromatic nitrogens is 3. The van der Waals surface area contributed by atoms with Crippen molar-refractivity contribution in [1.82, 2.24) is 14.5 Å². The summed E-state index contributed by atoms with van der Waals surface area (Å²) < 4.78 is 1.05. The van der Waals surface area contributed by atoms with Crippen molar-refractivity contribution in [2.75, 3.05) is 5.32 Å². The predicted octanol–water partition coefficient (Wildman–Crippen LogP) is 2.20. The predicted molar refractivity (Wildman–Crippen MR) is 100 cm³/mol. The van der Waals surface area contributed by atoms with Crippen molar-refractivity contribution in [3.8, 4) is 0 Å². The Balaban J connectivity index is 1.51. The second-order valence-electron chi connectivity index (χ2n) is 6.01. The minimum Gasteiger partial charge on any atom is -0.361 e. The summed E-state index contributed by atoms with van der Waals surface area (Å²) in [4.78, 5) is 42.5. The SMILES string of the molecule is O=C(CCn1c(=O)[nH]c2ccccc2c1=O)Nc1ccc2[nH]ccc2c1. The summed E-state index contributed by atoms with van der Waals surface area (Å²) >= 11 is 0. The molecule has 0 spiro atoms. The average Bonchev–Trinajstić information content (AvgIpc) is 3.09. The Morgan fingerprint density at radius 3 is 2.77 bits per heavy atom. The Morgan fingerprint density at radius 2 is 1.88 bits per heavy atom. The van der Waals surface area contributed by atoms with Gasteiger partial charge in [-0.3, -0.25) is 14.2 Å². The fraction of sp³-hybridized carbons (Fsp3) is 0.105. The second kappa shape index (κ2) is 6.36. The highest BCUT2D eigenvalue weighted by molar-refractivity contribution is 5.93. The van der Waals surface area contributed by atoms with E-state index in [-0.39, 0.29) is 18.9 Å². The maximum atomic E-state index is 12.4. The third-order valence-electron chi connectivity index (χ3n) is 4.29. The van der Waals surface area contributed by atoms with Crippen molar-refractivity contribution in [1.29, 1.82) is 0 Å². The topological polar surface area (TPSA) is 99.8 Å². The molecule has 0 aliphatic heterocycles. The smallest absolute Gasteiger partial charge is 0.328 e. The number of rotatable bonds is 4. The molecule has 0 aliphatic rings. The summed E-state index contributed by atoms with van der Waals surface area (Å²) in [5, 5.41) is 4.20. The molecule has 26 heavy (non-hydrogen) atoms. The summed E-state index contributed by atoms with van der Waals surface area (Å²) in [5.41, 5.74) is 1.23. The van der Waals surface area contributed by atoms with Crippen LogP contribution in [0.4, 0.5) is 5.69 Å². The quantitative estimate of drug-likeness (QED) is 0.527. The van der Waals surface area contributed by atoms with Gasteiger partial charge in [-0.2, -0.15) is 0 Å². The van der Waals surface area contributed by atoms with E-state index in [0.717, 1.165) is 15.5 Å². The molecule has 130 valence electrons. The van der Waals surface area contributed by atoms with Gasteiger partial charge in [0, 0.05) is 35.8 Å². The van der Waals surface area contributed by atoms with Crippen LogP contribution in [-0.4, -0.2) is 20.4 Å². The number of nitrogens with zero attached hydrogens (tertiary/aromatic N) is 1. The lowest BCUT2D eigenvalue weighted by Crippen LogP contribution is -2.36. The van der Waals surface area contributed by atoms with E-state index in [0.29, 0.717) is 16.6 Å². The Bertz CT molecular complexity index is 1230. The summed E-state index contributed by atoms with van der Waals surface area (Å²) in [6, 6.07) is 14.3. The number of benzene rings is 2. The Hall–Kier alpha value is -3.61. The third kappa shape index (κ3) is 2.90. The highest BCUT2D eigenvalue weighted by Gasteiger charge is 2.10. The van der Waals surface area contributed by atoms with Crippen LogP contribution in [0.15, 0.2) is 64.3 Å². The van der Waals surface area contributed by atoms with Gasteiger partial charge in [0.2, 0.25) is 5.91 Å². The number of fused-ring (bicyclic) bond motifs is 2. The first-order valence-electron chi connectivity index (χ1n) is 8.21. The molecule has 0 saturated heterocycles. The Kier molecular flexibility index (Phi) is 3.89. The van der Waals surface area contributed by atoms with Crippen molar-refractivity contribution in [2.45, 2.75) is 13.0 Å². The van der Waals surface area contributed by atoms with Crippen LogP contribution in [0.1, 0.15) is 6.42 Å². The lowest BCUT2D eigenvalue weighted by molar-refractivity contribution is -0.116. The zero-order valence-corrected chi connectivity index (χ0v) is 13.8. The molecule has 2 aromatic heterocycles. The van der Waals surface area contributed by atoms with Crippen molar-refractivity contribution >= 4 is 33.4 Å². The zero-order valence-electron chi connectivity index (χ0n) is 13.8. The van der Waals surface area contributed by atoms with Gasteiger partial charge >= 0.3 is 5.69 Å². The summed E-state index contributed by atoms with van der Waals surface area (Å²) in [6.07, 6.45) is 1.85. The molecule has 0 fully saturated rings. The molecule has 2 heterocycles. The largest absolute Gasteiger partial charge is 0.361 e. The summed E-state index contributed by atoms with van der Waals surface area (Å²) in [5.74, 6) is -0.264. The van der Waals surface area contributed by atoms with Crippen LogP contribution in [0.25, 0.3) is 21.8 Å². The molecule has 0 unspecified atom stereocenters. The van der Waals surface area contributed by atoms with Crippen LogP contribution in [0.3, 0.4) is 0 Å². The van der Waals surface area contributed by atoms with Gasteiger partial charge in [-0.05, 0) is 36.4 Å². The number of aromatic amines is 2. The molecule has 0 aliphatic carbocycles. The van der Waals surface area contributed by atoms with E-state index in [2.05, 4.69) is 15.3 Å². The van der Waals surface area contributed by atoms with Crippen LogP contribution in [0.2, 0.25) is 0 Å². The highest BCUT2D eigenvalue weighted by Crippen LogP contribution is 2.17. The first-order valence-corrected chi connectivity index (χ1v) is 8.21. The van der Waals surface area contributed by atoms with Gasteiger partial charge in [0.25, 0.3) is 5.56 Å². The molecule has 4 aromatic rings. The summed E-state index contributed by atoms with van der Waals surface area (Å²) in [6.45, 7) is 0.0111. The third-order valence-corrected chi connectivity index (χ3v) is 4.29. The fourth-order valence-electron chi connectivity index (χ4n) is 2.97. The van der Waals surface area contributed by atoms with Crippen LogP contribution < -0.4 is 16.6 Å². The number of para-hydroxylation sites is 1. The molecular weight excluding hydrogens is 332 g/mol. The molecule has 0 radical (unpaired) electrons. The molecule has 7 nitrogen and oxygen atoms in total. The van der Waals surface area contributed by atoms with Gasteiger partial charge in [-0.15, -0.1) is 0 Å². The van der Waals surface area contributed by atoms with E-state index >= 15 is 0 Å². The fourth-order valence-corrected chi connectivity index (χ4v) is 2.97. The average molecular weight is 348 g/mol. The number of nitrogens with one attached hydrogen (secondary N) is 3. The number of carbonyl (C=O) groups is 1. The molecule has 0 saturated carbocycles. The molecular formula is C19H16N4O3. The van der Waals surface area contributed by atoms with Gasteiger partial charge in [-0.25, -0.2) is 4.79 Å². The Morgan fingerprint density at radius 1 is 1.04 bits per heavy atom. The normalized spacial score (nSPS) is 11.1. The van der Waals surface area contributed by atoms with E-state index in [1.165, 1.54) is 0 Å². The maximum absolute atomic E-state index is 12.4. The number of carbonyl (C=O) groups excluding carboxylic acids is 1. The van der Waals surface area contributed by atoms with Crippen molar-refractivity contribution in [3.05, 3.63) is 75.6 Å². The minimum absolute atomic E-state index is 0.0111. The van der Waals surface area contributed by atoms with Crippen LogP contribution in [0.5, 0.6) is 0 Å². The summed E-state index contributed by atoms with van der Waals surface area (Å²) in [7, 11) is 0. The van der Waals surface area contributed by atoms with Gasteiger partial charge < -0.3 is 15.3 Å². The lowest BCUT2D eigenvalue weighted by atomic mass is 10.2. The van der Waals surface area contributed by atoms with E-state index < -0.39 is 11.2 Å². The molecule has 4 rings (SSSR count). The van der Waals surface area contributed by atoms with Gasteiger partial charge in [0.1, 0.15) is 0 Å². The first-order chi connectivity index (χ1) is 12.6. The highest BCUT2D eigenvalue weighted by atomic mass is 16.2. The van der Waals surface area contributed by atoms with Crippen LogP contribution in [-0.2, 0) is 11.3 Å². The Labute approximate surface area is 147 Å². The monoisotopic (exact) mass is 348 g/mol. The molecule has 2 aromatic carbocycles. The zero-order chi connectivity index (χ0) is 18.1. The standard InChI is InChI=1S/C19H16N4O3/c24-17(21-13-5-6-15-12(11-13)7-9-20-15)8-10-23-18(25)14-3-1-2-4-16(14)22-19(23)26/h1-7,9,11,20H,8,10H2,(H,21,24)(H,22,26). The van der Waals surface area contributed by atoms with Crippen LogP contribution in [0, 0.1) is 0 Å². The molecule has 0 atom stereocenters.